The van der Waals surface area contributed by atoms with E-state index in [1.54, 1.807) is 14.2 Å². The number of carbonyl (C=O) groups excluding carboxylic acids is 1. The van der Waals surface area contributed by atoms with E-state index in [9.17, 15) is 4.79 Å². The lowest BCUT2D eigenvalue weighted by Gasteiger charge is -2.38. The molecule has 156 valence electrons. The summed E-state index contributed by atoms with van der Waals surface area (Å²) in [6.07, 6.45) is 0.971. The van der Waals surface area contributed by atoms with Gasteiger partial charge in [0.1, 0.15) is 12.6 Å². The molecule has 0 aliphatic carbocycles. The summed E-state index contributed by atoms with van der Waals surface area (Å²) in [5.41, 5.74) is 3.81. The number of methoxy groups -OCH3 is 2. The number of hydrogen-bond acceptors (Lipinski definition) is 3. The normalized spacial score (nSPS) is 19.4. The molecule has 3 rings (SSSR count). The van der Waals surface area contributed by atoms with Crippen molar-refractivity contribution in [2.45, 2.75) is 45.8 Å². The van der Waals surface area contributed by atoms with Crippen molar-refractivity contribution in [3.63, 3.8) is 0 Å². The van der Waals surface area contributed by atoms with E-state index < -0.39 is 0 Å². The van der Waals surface area contributed by atoms with Crippen LogP contribution in [-0.2, 0) is 17.8 Å². The minimum absolute atomic E-state index is 0.000707. The van der Waals surface area contributed by atoms with E-state index in [0.717, 1.165) is 31.0 Å². The SMILES string of the molecule is COc1cc2c(cc1OC)[C@H]([C@@H](C)NC(=O)C(C)C)[NH+](Cc1ccccc1)CC2. The van der Waals surface area contributed by atoms with E-state index in [1.165, 1.54) is 21.6 Å². The number of benzene rings is 2. The van der Waals surface area contributed by atoms with Crippen LogP contribution in [0.3, 0.4) is 0 Å². The topological polar surface area (TPSA) is 52.0 Å². The van der Waals surface area contributed by atoms with Gasteiger partial charge in [-0.2, -0.15) is 0 Å². The van der Waals surface area contributed by atoms with Crippen molar-refractivity contribution >= 4 is 5.91 Å². The molecule has 0 saturated heterocycles. The van der Waals surface area contributed by atoms with Gasteiger partial charge in [-0.05, 0) is 24.6 Å². The standard InChI is InChI=1S/C24H32N2O3/c1-16(2)24(27)25-17(3)23-20-14-22(29-5)21(28-4)13-19(20)11-12-26(23)15-18-9-7-6-8-10-18/h6-10,13-14,16-17,23H,11-12,15H2,1-5H3,(H,25,27)/p+1/t17-,23+/m1/s1. The molecule has 0 aromatic heterocycles. The summed E-state index contributed by atoms with van der Waals surface area (Å²) < 4.78 is 11.1. The zero-order valence-corrected chi connectivity index (χ0v) is 18.1. The Kier molecular flexibility index (Phi) is 6.80. The molecule has 2 aromatic carbocycles. The van der Waals surface area contributed by atoms with Crippen molar-refractivity contribution in [2.75, 3.05) is 20.8 Å². The third kappa shape index (κ3) is 4.73. The van der Waals surface area contributed by atoms with Gasteiger partial charge in [0.25, 0.3) is 0 Å². The second-order valence-corrected chi connectivity index (χ2v) is 8.16. The quantitative estimate of drug-likeness (QED) is 0.755. The molecule has 1 unspecified atom stereocenters. The lowest BCUT2D eigenvalue weighted by atomic mass is 9.87. The first-order valence-corrected chi connectivity index (χ1v) is 10.4. The van der Waals surface area contributed by atoms with Crippen LogP contribution in [0.25, 0.3) is 0 Å². The minimum atomic E-state index is -0.0384. The number of amides is 1. The third-order valence-corrected chi connectivity index (χ3v) is 5.80. The van der Waals surface area contributed by atoms with E-state index in [1.807, 2.05) is 19.9 Å². The minimum Gasteiger partial charge on any atom is -0.493 e. The Morgan fingerprint density at radius 1 is 1.10 bits per heavy atom. The van der Waals surface area contributed by atoms with Gasteiger partial charge in [-0.3, -0.25) is 4.79 Å². The first kappa shape index (κ1) is 21.2. The third-order valence-electron chi connectivity index (χ3n) is 5.80. The highest BCUT2D eigenvalue weighted by atomic mass is 16.5. The number of quaternary nitrogens is 1. The second kappa shape index (κ2) is 9.31. The molecule has 2 aromatic rings. The highest BCUT2D eigenvalue weighted by Gasteiger charge is 2.37. The molecule has 3 atom stereocenters. The maximum absolute atomic E-state index is 12.4. The average molecular weight is 398 g/mol. The fourth-order valence-electron chi connectivity index (χ4n) is 4.27. The molecule has 0 saturated carbocycles. The number of carbonyl (C=O) groups is 1. The molecule has 0 bridgehead atoms. The van der Waals surface area contributed by atoms with Crippen molar-refractivity contribution in [1.82, 2.24) is 5.32 Å². The van der Waals surface area contributed by atoms with Gasteiger partial charge in [0, 0.05) is 23.5 Å². The van der Waals surface area contributed by atoms with E-state index in [4.69, 9.17) is 9.47 Å². The molecule has 0 spiro atoms. The fourth-order valence-corrected chi connectivity index (χ4v) is 4.27. The van der Waals surface area contributed by atoms with Crippen LogP contribution in [0.5, 0.6) is 11.5 Å². The Morgan fingerprint density at radius 2 is 1.76 bits per heavy atom. The highest BCUT2D eigenvalue weighted by molar-refractivity contribution is 5.78. The molecular weight excluding hydrogens is 364 g/mol. The van der Waals surface area contributed by atoms with Crippen molar-refractivity contribution < 1.29 is 19.2 Å². The van der Waals surface area contributed by atoms with Crippen LogP contribution >= 0.6 is 0 Å². The fraction of sp³-hybridized carbons (Fsp3) is 0.458. The average Bonchev–Trinajstić information content (AvgIpc) is 2.72. The van der Waals surface area contributed by atoms with Gasteiger partial charge in [-0.25, -0.2) is 0 Å². The van der Waals surface area contributed by atoms with Crippen molar-refractivity contribution in [3.05, 3.63) is 59.2 Å². The number of fused-ring (bicyclic) bond motifs is 1. The van der Waals surface area contributed by atoms with Crippen LogP contribution < -0.4 is 19.7 Å². The maximum Gasteiger partial charge on any atom is 0.222 e. The first-order valence-electron chi connectivity index (χ1n) is 10.4. The lowest BCUT2D eigenvalue weighted by Crippen LogP contribution is -3.13. The van der Waals surface area contributed by atoms with E-state index in [2.05, 4.69) is 48.6 Å². The van der Waals surface area contributed by atoms with Gasteiger partial charge in [0.15, 0.2) is 11.5 Å². The van der Waals surface area contributed by atoms with Gasteiger partial charge in [-0.1, -0.05) is 44.2 Å². The largest absolute Gasteiger partial charge is 0.493 e. The van der Waals surface area contributed by atoms with Crippen molar-refractivity contribution in [3.8, 4) is 11.5 Å². The Hall–Kier alpha value is -2.53. The second-order valence-electron chi connectivity index (χ2n) is 8.16. The van der Waals surface area contributed by atoms with Crippen LogP contribution in [-0.4, -0.2) is 32.7 Å². The molecule has 1 heterocycles. The highest BCUT2D eigenvalue weighted by Crippen LogP contribution is 2.35. The Morgan fingerprint density at radius 3 is 2.38 bits per heavy atom. The summed E-state index contributed by atoms with van der Waals surface area (Å²) in [7, 11) is 3.34. The number of rotatable bonds is 7. The van der Waals surface area contributed by atoms with Crippen LogP contribution in [0.2, 0.25) is 0 Å². The van der Waals surface area contributed by atoms with Crippen LogP contribution in [0.4, 0.5) is 0 Å². The molecule has 2 N–H and O–H groups in total. The Balaban J connectivity index is 1.98. The summed E-state index contributed by atoms with van der Waals surface area (Å²) in [5, 5.41) is 3.24. The Labute approximate surface area is 174 Å². The predicted octanol–water partition coefficient (Wildman–Crippen LogP) is 2.55. The Bertz CT molecular complexity index is 836. The van der Waals surface area contributed by atoms with Gasteiger partial charge in [0.05, 0.1) is 26.8 Å². The molecule has 1 aliphatic heterocycles. The molecule has 29 heavy (non-hydrogen) atoms. The van der Waals surface area contributed by atoms with Gasteiger partial charge in [-0.15, -0.1) is 0 Å². The van der Waals surface area contributed by atoms with Crippen LogP contribution in [0.15, 0.2) is 42.5 Å². The van der Waals surface area contributed by atoms with Gasteiger partial charge < -0.3 is 19.7 Å². The number of hydrogen-bond donors (Lipinski definition) is 2. The molecule has 5 heteroatoms. The molecule has 1 aliphatic rings. The summed E-state index contributed by atoms with van der Waals surface area (Å²) in [4.78, 5) is 13.9. The van der Waals surface area contributed by atoms with Gasteiger partial charge >= 0.3 is 0 Å². The zero-order chi connectivity index (χ0) is 21.0. The first-order chi connectivity index (χ1) is 13.9. The monoisotopic (exact) mass is 397 g/mol. The molecule has 0 fully saturated rings. The number of ether oxygens (including phenoxy) is 2. The molecule has 0 radical (unpaired) electrons. The van der Waals surface area contributed by atoms with E-state index in [0.29, 0.717) is 0 Å². The van der Waals surface area contributed by atoms with Gasteiger partial charge in [0.2, 0.25) is 5.91 Å². The smallest absolute Gasteiger partial charge is 0.222 e. The molecule has 5 nitrogen and oxygen atoms in total. The zero-order valence-electron chi connectivity index (χ0n) is 18.1. The maximum atomic E-state index is 12.4. The summed E-state index contributed by atoms with van der Waals surface area (Å²) in [5.74, 6) is 1.54. The lowest BCUT2D eigenvalue weighted by molar-refractivity contribution is -0.948. The van der Waals surface area contributed by atoms with Crippen LogP contribution in [0, 0.1) is 5.92 Å². The predicted molar refractivity (Wildman–Crippen MR) is 114 cm³/mol. The van der Waals surface area contributed by atoms with Crippen LogP contribution in [0.1, 0.15) is 43.5 Å². The molecule has 1 amide bonds. The van der Waals surface area contributed by atoms with E-state index in [-0.39, 0.29) is 23.9 Å². The van der Waals surface area contributed by atoms with E-state index >= 15 is 0 Å². The summed E-state index contributed by atoms with van der Waals surface area (Å²) >= 11 is 0. The van der Waals surface area contributed by atoms with Crippen molar-refractivity contribution in [2.24, 2.45) is 5.92 Å². The molecular formula is C24H33N2O3+. The van der Waals surface area contributed by atoms with Crippen molar-refractivity contribution in [1.29, 1.82) is 0 Å². The summed E-state index contributed by atoms with van der Waals surface area (Å²) in [6, 6.07) is 14.9. The summed E-state index contributed by atoms with van der Waals surface area (Å²) in [6.45, 7) is 7.89. The number of nitrogens with one attached hydrogen (secondary N) is 2.